The molecule has 4 saturated heterocycles. The Morgan fingerprint density at radius 2 is 0.778 bits per heavy atom. The van der Waals surface area contributed by atoms with Crippen LogP contribution in [0.25, 0.3) is 0 Å². The van der Waals surface area contributed by atoms with Crippen LogP contribution in [0.3, 0.4) is 0 Å². The molecule has 12 heteroatoms. The minimum absolute atomic E-state index is 1.19. The average Bonchev–Trinajstić information content (AvgIpc) is 2.12. The molecule has 0 spiro atoms. The Kier molecular flexibility index (Phi) is 4.96. The monoisotopic (exact) mass is 266 g/mol. The fourth-order valence-corrected chi connectivity index (χ4v) is 2.23. The number of hydrogen-bond donors (Lipinski definition) is 2. The molecule has 0 amide bonds. The summed E-state index contributed by atoms with van der Waals surface area (Å²) < 4.78 is 0. The highest BCUT2D eigenvalue weighted by molar-refractivity contribution is 4.79. The standard InChI is InChI=1S/C6H12N4.2HNO3/c1-7-2-9-4-8(1)5-10(3-7)6-9;2*2-1(3)4/h1-6H2;2*(H,2,3,4). The molecule has 104 valence electrons. The lowest BCUT2D eigenvalue weighted by molar-refractivity contribution is -0.742. The van der Waals surface area contributed by atoms with Gasteiger partial charge in [0.05, 0.1) is 40.0 Å². The van der Waals surface area contributed by atoms with Crippen molar-refractivity contribution in [3.05, 3.63) is 20.2 Å². The summed E-state index contributed by atoms with van der Waals surface area (Å²) in [7, 11) is 0. The van der Waals surface area contributed by atoms with Crippen molar-refractivity contribution in [2.45, 2.75) is 0 Å². The van der Waals surface area contributed by atoms with Gasteiger partial charge in [-0.25, -0.2) is 0 Å². The van der Waals surface area contributed by atoms with Crippen LogP contribution in [0.15, 0.2) is 0 Å². The van der Waals surface area contributed by atoms with Gasteiger partial charge >= 0.3 is 0 Å². The van der Waals surface area contributed by atoms with Crippen molar-refractivity contribution >= 4 is 0 Å². The Morgan fingerprint density at radius 3 is 0.889 bits per heavy atom. The van der Waals surface area contributed by atoms with Crippen LogP contribution in [0.4, 0.5) is 0 Å². The van der Waals surface area contributed by atoms with Crippen molar-refractivity contribution in [2.75, 3.05) is 40.0 Å². The van der Waals surface area contributed by atoms with Crippen LogP contribution in [0.2, 0.25) is 0 Å². The summed E-state index contributed by atoms with van der Waals surface area (Å²) in [6.45, 7) is 7.12. The van der Waals surface area contributed by atoms with Gasteiger partial charge in [-0.2, -0.15) is 0 Å². The molecule has 4 aliphatic heterocycles. The molecule has 0 aliphatic carbocycles. The van der Waals surface area contributed by atoms with E-state index in [0.29, 0.717) is 0 Å². The molecule has 4 bridgehead atoms. The van der Waals surface area contributed by atoms with Gasteiger partial charge in [-0.05, 0) is 0 Å². The summed E-state index contributed by atoms with van der Waals surface area (Å²) in [4.78, 5) is 26.6. The smallest absolute Gasteiger partial charge is 0.291 e. The van der Waals surface area contributed by atoms with E-state index in [1.165, 1.54) is 40.0 Å². The van der Waals surface area contributed by atoms with Crippen molar-refractivity contribution in [1.29, 1.82) is 0 Å². The van der Waals surface area contributed by atoms with Gasteiger partial charge in [-0.15, -0.1) is 20.2 Å². The molecule has 0 aromatic rings. The van der Waals surface area contributed by atoms with Gasteiger partial charge in [0.2, 0.25) is 0 Å². The fourth-order valence-electron chi connectivity index (χ4n) is 2.23. The number of hydrogen-bond acceptors (Lipinski definition) is 8. The maximum Gasteiger partial charge on any atom is 0.291 e. The molecule has 4 rings (SSSR count). The summed E-state index contributed by atoms with van der Waals surface area (Å²) in [5, 5.41) is 27.3. The summed E-state index contributed by atoms with van der Waals surface area (Å²) in [5.41, 5.74) is 0. The van der Waals surface area contributed by atoms with Gasteiger partial charge in [0.1, 0.15) is 0 Å². The predicted octanol–water partition coefficient (Wildman–Crippen LogP) is -1.72. The second-order valence-corrected chi connectivity index (χ2v) is 4.01. The largest absolute Gasteiger partial charge is 0.328 e. The maximum absolute atomic E-state index is 8.36. The van der Waals surface area contributed by atoms with E-state index in [1.807, 2.05) is 0 Å². The molecule has 4 fully saturated rings. The minimum atomic E-state index is -1.50. The number of rotatable bonds is 0. The highest BCUT2D eigenvalue weighted by atomic mass is 16.9. The van der Waals surface area contributed by atoms with Gasteiger partial charge in [0.15, 0.2) is 0 Å². The van der Waals surface area contributed by atoms with Crippen LogP contribution in [0.1, 0.15) is 0 Å². The third-order valence-corrected chi connectivity index (χ3v) is 2.40. The van der Waals surface area contributed by atoms with Crippen LogP contribution in [-0.2, 0) is 0 Å². The third-order valence-electron chi connectivity index (χ3n) is 2.40. The van der Waals surface area contributed by atoms with Crippen molar-refractivity contribution in [3.63, 3.8) is 0 Å². The van der Waals surface area contributed by atoms with Gasteiger partial charge in [-0.3, -0.25) is 19.6 Å². The van der Waals surface area contributed by atoms with Crippen LogP contribution >= 0.6 is 0 Å². The molecule has 4 heterocycles. The zero-order valence-electron chi connectivity index (χ0n) is 9.45. The zero-order chi connectivity index (χ0) is 13.7. The molecular formula is C6H14N6O6. The summed E-state index contributed by atoms with van der Waals surface area (Å²) in [6, 6.07) is 0. The second-order valence-electron chi connectivity index (χ2n) is 4.01. The summed E-state index contributed by atoms with van der Waals surface area (Å²) >= 11 is 0. The highest BCUT2D eigenvalue weighted by Gasteiger charge is 2.36. The molecular weight excluding hydrogens is 252 g/mol. The third kappa shape index (κ3) is 5.05. The van der Waals surface area contributed by atoms with Gasteiger partial charge in [0, 0.05) is 0 Å². The molecule has 0 atom stereocenters. The fraction of sp³-hybridized carbons (Fsp3) is 1.00. The minimum Gasteiger partial charge on any atom is -0.328 e. The van der Waals surface area contributed by atoms with E-state index in [4.69, 9.17) is 30.6 Å². The molecule has 0 aromatic heterocycles. The molecule has 4 aliphatic rings. The molecule has 0 aromatic carbocycles. The Morgan fingerprint density at radius 1 is 0.667 bits per heavy atom. The SMILES string of the molecule is C1N2CN3CN1CN(C2)C3.O=[N+]([O-])O.O=[N+]([O-])O. The second kappa shape index (κ2) is 6.25. The quantitative estimate of drug-likeness (QED) is 0.384. The Bertz CT molecular complexity index is 236. The molecule has 18 heavy (non-hydrogen) atoms. The van der Waals surface area contributed by atoms with E-state index in [1.54, 1.807) is 0 Å². The summed E-state index contributed by atoms with van der Waals surface area (Å²) in [6.07, 6.45) is 0. The molecule has 12 nitrogen and oxygen atoms in total. The van der Waals surface area contributed by atoms with Crippen LogP contribution in [-0.4, -0.2) is 80.2 Å². The molecule has 0 saturated carbocycles. The lowest BCUT2D eigenvalue weighted by atomic mass is 10.4. The Balaban J connectivity index is 0.000000174. The van der Waals surface area contributed by atoms with Crippen molar-refractivity contribution in [2.24, 2.45) is 0 Å². The topological polar surface area (TPSA) is 140 Å². The maximum atomic E-state index is 8.36. The Labute approximate surface area is 101 Å². The predicted molar refractivity (Wildman–Crippen MR) is 54.1 cm³/mol. The summed E-state index contributed by atoms with van der Waals surface area (Å²) in [5.74, 6) is 0. The molecule has 0 unspecified atom stereocenters. The van der Waals surface area contributed by atoms with Gasteiger partial charge in [0.25, 0.3) is 10.2 Å². The van der Waals surface area contributed by atoms with E-state index in [0.717, 1.165) is 0 Å². The Hall–Kier alpha value is -1.76. The first-order chi connectivity index (χ1) is 8.36. The van der Waals surface area contributed by atoms with Crippen molar-refractivity contribution < 1.29 is 20.6 Å². The lowest BCUT2D eigenvalue weighted by Gasteiger charge is -2.56. The van der Waals surface area contributed by atoms with E-state index >= 15 is 0 Å². The first-order valence-electron chi connectivity index (χ1n) is 4.93. The number of nitrogens with zero attached hydrogens (tertiary/aromatic N) is 6. The van der Waals surface area contributed by atoms with Crippen LogP contribution in [0.5, 0.6) is 0 Å². The average molecular weight is 266 g/mol. The molecule has 0 radical (unpaired) electrons. The van der Waals surface area contributed by atoms with E-state index in [2.05, 4.69) is 19.6 Å². The van der Waals surface area contributed by atoms with E-state index in [9.17, 15) is 0 Å². The van der Waals surface area contributed by atoms with Crippen LogP contribution < -0.4 is 0 Å². The zero-order valence-corrected chi connectivity index (χ0v) is 9.45. The highest BCUT2D eigenvalue weighted by Crippen LogP contribution is 2.20. The van der Waals surface area contributed by atoms with Crippen LogP contribution in [0, 0.1) is 20.2 Å². The van der Waals surface area contributed by atoms with Gasteiger partial charge in [-0.1, -0.05) is 0 Å². The van der Waals surface area contributed by atoms with E-state index in [-0.39, 0.29) is 0 Å². The molecule has 2 N–H and O–H groups in total. The van der Waals surface area contributed by atoms with Gasteiger partial charge < -0.3 is 10.4 Å². The lowest BCUT2D eigenvalue weighted by Crippen LogP contribution is -2.71. The van der Waals surface area contributed by atoms with Crippen molar-refractivity contribution in [1.82, 2.24) is 19.6 Å². The first kappa shape index (κ1) is 14.3. The van der Waals surface area contributed by atoms with Crippen molar-refractivity contribution in [3.8, 4) is 0 Å². The normalized spacial score (nSPS) is 34.7. The first-order valence-corrected chi connectivity index (χ1v) is 4.93. The van der Waals surface area contributed by atoms with E-state index < -0.39 is 10.2 Å².